The molecule has 0 spiro atoms. The molecule has 0 aliphatic heterocycles. The lowest BCUT2D eigenvalue weighted by Gasteiger charge is -2.02. The monoisotopic (exact) mass is 332 g/mol. The van der Waals surface area contributed by atoms with Gasteiger partial charge in [-0.15, -0.1) is 11.3 Å². The number of carbonyl (C=O) groups is 2. The van der Waals surface area contributed by atoms with Crippen molar-refractivity contribution < 1.29 is 19.2 Å². The summed E-state index contributed by atoms with van der Waals surface area (Å²) in [4.78, 5) is 33.9. The Labute approximate surface area is 135 Å². The van der Waals surface area contributed by atoms with Crippen molar-refractivity contribution in [2.75, 3.05) is 12.4 Å². The average Bonchev–Trinajstić information content (AvgIpc) is 3.00. The molecule has 0 bridgehead atoms. The van der Waals surface area contributed by atoms with E-state index in [9.17, 15) is 19.7 Å². The van der Waals surface area contributed by atoms with E-state index >= 15 is 0 Å². The van der Waals surface area contributed by atoms with E-state index in [1.165, 1.54) is 37.5 Å². The van der Waals surface area contributed by atoms with Crippen LogP contribution in [0.5, 0.6) is 0 Å². The second-order valence-electron chi connectivity index (χ2n) is 4.33. The number of nitro benzene ring substituents is 1. The predicted molar refractivity (Wildman–Crippen MR) is 86.4 cm³/mol. The minimum atomic E-state index is -0.530. The Bertz CT molecular complexity index is 782. The molecule has 0 aliphatic carbocycles. The van der Waals surface area contributed by atoms with Crippen molar-refractivity contribution in [3.63, 3.8) is 0 Å². The van der Waals surface area contributed by atoms with Gasteiger partial charge in [0.1, 0.15) is 4.88 Å². The fourth-order valence-electron chi connectivity index (χ4n) is 1.75. The number of ether oxygens (including phenoxy) is 1. The minimum absolute atomic E-state index is 0.0571. The first kappa shape index (κ1) is 16.4. The van der Waals surface area contributed by atoms with Crippen LogP contribution in [0.4, 0.5) is 11.4 Å². The van der Waals surface area contributed by atoms with Crippen LogP contribution in [0, 0.1) is 10.1 Å². The van der Waals surface area contributed by atoms with Crippen molar-refractivity contribution in [1.82, 2.24) is 0 Å². The lowest BCUT2D eigenvalue weighted by molar-refractivity contribution is -0.384. The second-order valence-corrected chi connectivity index (χ2v) is 5.25. The number of amides is 1. The van der Waals surface area contributed by atoms with E-state index < -0.39 is 16.8 Å². The number of benzene rings is 1. The Morgan fingerprint density at radius 2 is 2.13 bits per heavy atom. The summed E-state index contributed by atoms with van der Waals surface area (Å²) >= 11 is 1.16. The first-order valence-electron chi connectivity index (χ1n) is 6.40. The van der Waals surface area contributed by atoms with Crippen LogP contribution in [-0.4, -0.2) is 23.9 Å². The molecule has 1 aromatic heterocycles. The van der Waals surface area contributed by atoms with Crippen LogP contribution in [0.15, 0.2) is 41.8 Å². The normalized spacial score (nSPS) is 10.5. The number of esters is 1. The van der Waals surface area contributed by atoms with Crippen LogP contribution < -0.4 is 5.32 Å². The summed E-state index contributed by atoms with van der Waals surface area (Å²) in [5.41, 5.74) is 0.821. The van der Waals surface area contributed by atoms with Gasteiger partial charge in [0.05, 0.1) is 17.7 Å². The van der Waals surface area contributed by atoms with Gasteiger partial charge < -0.3 is 10.1 Å². The van der Waals surface area contributed by atoms with Crippen molar-refractivity contribution in [1.29, 1.82) is 0 Å². The van der Waals surface area contributed by atoms with Crippen molar-refractivity contribution in [3.8, 4) is 0 Å². The van der Waals surface area contributed by atoms with Crippen molar-refractivity contribution >= 4 is 40.7 Å². The van der Waals surface area contributed by atoms with Crippen molar-refractivity contribution in [2.24, 2.45) is 0 Å². The Morgan fingerprint density at radius 1 is 1.35 bits per heavy atom. The number of thiophene rings is 1. The van der Waals surface area contributed by atoms with Gasteiger partial charge in [0.2, 0.25) is 5.91 Å². The minimum Gasteiger partial charge on any atom is -0.465 e. The predicted octanol–water partition coefficient (Wildman–Crippen LogP) is 3.09. The fourth-order valence-corrected chi connectivity index (χ4v) is 2.51. The Kier molecular flexibility index (Phi) is 5.21. The summed E-state index contributed by atoms with van der Waals surface area (Å²) in [5.74, 6) is -0.988. The van der Waals surface area contributed by atoms with E-state index in [-0.39, 0.29) is 5.69 Å². The van der Waals surface area contributed by atoms with Gasteiger partial charge in [-0.25, -0.2) is 4.79 Å². The first-order valence-corrected chi connectivity index (χ1v) is 7.28. The molecule has 0 saturated heterocycles. The molecule has 1 N–H and O–H groups in total. The summed E-state index contributed by atoms with van der Waals surface area (Å²) in [7, 11) is 1.26. The number of non-ortho nitro benzene ring substituents is 1. The van der Waals surface area contributed by atoms with Gasteiger partial charge in [-0.3, -0.25) is 14.9 Å². The van der Waals surface area contributed by atoms with Gasteiger partial charge in [0.25, 0.3) is 5.69 Å². The Hall–Kier alpha value is -3.00. The molecule has 2 aromatic rings. The molecule has 7 nitrogen and oxygen atoms in total. The van der Waals surface area contributed by atoms with Gasteiger partial charge >= 0.3 is 5.97 Å². The highest BCUT2D eigenvalue weighted by Gasteiger charge is 2.14. The summed E-state index contributed by atoms with van der Waals surface area (Å²) in [6.07, 6.45) is 2.68. The Morgan fingerprint density at radius 3 is 2.83 bits per heavy atom. The molecule has 23 heavy (non-hydrogen) atoms. The fraction of sp³-hybridized carbons (Fsp3) is 0.0667. The maximum absolute atomic E-state index is 11.9. The van der Waals surface area contributed by atoms with Crippen LogP contribution in [0.2, 0.25) is 0 Å². The molecule has 0 aliphatic rings. The first-order chi connectivity index (χ1) is 11.0. The standard InChI is InChI=1S/C15H12N2O5S/c1-22-15(19)14-12(7-8-23-14)16-13(18)6-5-10-3-2-4-11(9-10)17(20)21/h2-9H,1H3,(H,16,18)/b6-5+. The molecular weight excluding hydrogens is 320 g/mol. The maximum Gasteiger partial charge on any atom is 0.350 e. The molecule has 1 heterocycles. The maximum atomic E-state index is 11.9. The van der Waals surface area contributed by atoms with E-state index in [4.69, 9.17) is 0 Å². The third-order valence-corrected chi connectivity index (χ3v) is 3.70. The zero-order chi connectivity index (χ0) is 16.8. The molecule has 0 saturated carbocycles. The summed E-state index contributed by atoms with van der Waals surface area (Å²) in [6, 6.07) is 7.49. The van der Waals surface area contributed by atoms with E-state index in [2.05, 4.69) is 10.1 Å². The van der Waals surface area contributed by atoms with E-state index in [1.807, 2.05) is 0 Å². The largest absolute Gasteiger partial charge is 0.465 e. The molecule has 0 unspecified atom stereocenters. The molecule has 1 amide bonds. The summed E-state index contributed by atoms with van der Waals surface area (Å²) in [6.45, 7) is 0. The molecule has 0 atom stereocenters. The number of hydrogen-bond donors (Lipinski definition) is 1. The summed E-state index contributed by atoms with van der Waals surface area (Å²) < 4.78 is 4.62. The SMILES string of the molecule is COC(=O)c1sccc1NC(=O)/C=C/c1cccc([N+](=O)[O-])c1. The topological polar surface area (TPSA) is 98.5 Å². The highest BCUT2D eigenvalue weighted by molar-refractivity contribution is 7.12. The smallest absolute Gasteiger partial charge is 0.350 e. The molecule has 0 radical (unpaired) electrons. The molecule has 0 fully saturated rings. The van der Waals surface area contributed by atoms with Crippen LogP contribution in [0.1, 0.15) is 15.2 Å². The number of nitrogens with one attached hydrogen (secondary N) is 1. The zero-order valence-corrected chi connectivity index (χ0v) is 12.8. The lowest BCUT2D eigenvalue weighted by Crippen LogP contribution is -2.10. The number of rotatable bonds is 5. The van der Waals surface area contributed by atoms with Crippen LogP contribution >= 0.6 is 11.3 Å². The number of carbonyl (C=O) groups excluding carboxylic acids is 2. The van der Waals surface area contributed by atoms with Crippen LogP contribution in [-0.2, 0) is 9.53 Å². The summed E-state index contributed by atoms with van der Waals surface area (Å²) in [5, 5.41) is 14.9. The van der Waals surface area contributed by atoms with Gasteiger partial charge in [0, 0.05) is 18.2 Å². The van der Waals surface area contributed by atoms with E-state index in [0.29, 0.717) is 16.1 Å². The average molecular weight is 332 g/mol. The van der Waals surface area contributed by atoms with Crippen LogP contribution in [0.25, 0.3) is 6.08 Å². The number of hydrogen-bond acceptors (Lipinski definition) is 6. The van der Waals surface area contributed by atoms with Crippen molar-refractivity contribution in [2.45, 2.75) is 0 Å². The highest BCUT2D eigenvalue weighted by Crippen LogP contribution is 2.23. The van der Waals surface area contributed by atoms with Gasteiger partial charge in [-0.2, -0.15) is 0 Å². The lowest BCUT2D eigenvalue weighted by atomic mass is 10.2. The van der Waals surface area contributed by atoms with Gasteiger partial charge in [-0.05, 0) is 23.1 Å². The number of nitrogens with zero attached hydrogens (tertiary/aromatic N) is 1. The number of nitro groups is 1. The van der Waals surface area contributed by atoms with Crippen LogP contribution in [0.3, 0.4) is 0 Å². The zero-order valence-electron chi connectivity index (χ0n) is 12.0. The molecule has 2 rings (SSSR count). The van der Waals surface area contributed by atoms with E-state index in [0.717, 1.165) is 11.3 Å². The van der Waals surface area contributed by atoms with Crippen molar-refractivity contribution in [3.05, 3.63) is 62.3 Å². The molecule has 118 valence electrons. The van der Waals surface area contributed by atoms with Gasteiger partial charge in [-0.1, -0.05) is 12.1 Å². The van der Waals surface area contributed by atoms with Gasteiger partial charge in [0.15, 0.2) is 0 Å². The number of methoxy groups -OCH3 is 1. The molecule has 8 heteroatoms. The molecular formula is C15H12N2O5S. The highest BCUT2D eigenvalue weighted by atomic mass is 32.1. The Balaban J connectivity index is 2.08. The quantitative estimate of drug-likeness (QED) is 0.392. The second kappa shape index (κ2) is 7.32. The number of anilines is 1. The third-order valence-electron chi connectivity index (χ3n) is 2.80. The van der Waals surface area contributed by atoms with E-state index in [1.54, 1.807) is 17.5 Å². The third kappa shape index (κ3) is 4.24. The molecule has 1 aromatic carbocycles.